The number of fused-ring (bicyclic) bond motifs is 1. The van der Waals surface area contributed by atoms with Crippen molar-refractivity contribution in [2.45, 2.75) is 13.3 Å². The Morgan fingerprint density at radius 3 is 2.63 bits per heavy atom. The van der Waals surface area contributed by atoms with E-state index in [1.807, 2.05) is 0 Å². The molecular weight excluding hydrogens is 232 g/mol. The van der Waals surface area contributed by atoms with E-state index in [-0.39, 0.29) is 0 Å². The lowest BCUT2D eigenvalue weighted by molar-refractivity contribution is 0.329. The predicted molar refractivity (Wildman–Crippen MR) is 82.8 cm³/mol. The van der Waals surface area contributed by atoms with Crippen molar-refractivity contribution in [1.29, 1.82) is 0 Å². The largest absolute Gasteiger partial charge is 0.371 e. The molecule has 2 heteroatoms. The van der Waals surface area contributed by atoms with Crippen molar-refractivity contribution in [3.8, 4) is 0 Å². The topological polar surface area (TPSA) is 15.3 Å². The maximum atomic E-state index is 3.35. The highest BCUT2D eigenvalue weighted by Crippen LogP contribution is 2.27. The van der Waals surface area contributed by atoms with Crippen LogP contribution in [0.5, 0.6) is 0 Å². The summed E-state index contributed by atoms with van der Waals surface area (Å²) in [6.07, 6.45) is 1.30. The van der Waals surface area contributed by atoms with Crippen molar-refractivity contribution in [3.63, 3.8) is 0 Å². The molecule has 1 aliphatic rings. The summed E-state index contributed by atoms with van der Waals surface area (Å²) < 4.78 is 0. The van der Waals surface area contributed by atoms with Crippen molar-refractivity contribution in [1.82, 2.24) is 5.32 Å². The average molecular weight is 254 g/mol. The Labute approximate surface area is 115 Å². The molecule has 1 saturated heterocycles. The Morgan fingerprint density at radius 2 is 1.89 bits per heavy atom. The summed E-state index contributed by atoms with van der Waals surface area (Å²) in [5, 5.41) is 6.06. The van der Waals surface area contributed by atoms with Crippen LogP contribution in [-0.4, -0.2) is 26.2 Å². The lowest BCUT2D eigenvalue weighted by atomic mass is 9.99. The zero-order valence-electron chi connectivity index (χ0n) is 11.6. The van der Waals surface area contributed by atoms with Gasteiger partial charge in [-0.3, -0.25) is 0 Å². The Kier molecular flexibility index (Phi) is 3.69. The molecule has 2 aromatic rings. The van der Waals surface area contributed by atoms with Gasteiger partial charge in [-0.2, -0.15) is 0 Å². The molecule has 0 unspecified atom stereocenters. The first-order chi connectivity index (χ1) is 9.38. The van der Waals surface area contributed by atoms with Crippen LogP contribution in [0.15, 0.2) is 42.5 Å². The normalized spacial score (nSPS) is 15.4. The van der Waals surface area contributed by atoms with Crippen LogP contribution in [0.2, 0.25) is 0 Å². The van der Waals surface area contributed by atoms with Gasteiger partial charge in [0, 0.05) is 24.2 Å². The summed E-state index contributed by atoms with van der Waals surface area (Å²) in [6, 6.07) is 15.3. The van der Waals surface area contributed by atoms with Crippen molar-refractivity contribution in [2.24, 2.45) is 5.92 Å². The number of anilines is 1. The summed E-state index contributed by atoms with van der Waals surface area (Å²) in [7, 11) is 0. The van der Waals surface area contributed by atoms with Gasteiger partial charge in [0.25, 0.3) is 0 Å². The molecule has 0 bridgehead atoms. The van der Waals surface area contributed by atoms with E-state index in [0.29, 0.717) is 0 Å². The van der Waals surface area contributed by atoms with Gasteiger partial charge in [0.1, 0.15) is 0 Å². The van der Waals surface area contributed by atoms with Gasteiger partial charge < -0.3 is 10.2 Å². The first kappa shape index (κ1) is 12.5. The lowest BCUT2D eigenvalue weighted by Crippen LogP contribution is -2.43. The smallest absolute Gasteiger partial charge is 0.0445 e. The fraction of sp³-hybridized carbons (Fsp3) is 0.412. The second-order valence-corrected chi connectivity index (χ2v) is 5.39. The van der Waals surface area contributed by atoms with Crippen LogP contribution in [0, 0.1) is 5.92 Å². The van der Waals surface area contributed by atoms with E-state index in [1.54, 1.807) is 0 Å². The second kappa shape index (κ2) is 5.62. The predicted octanol–water partition coefficient (Wildman–Crippen LogP) is 3.28. The summed E-state index contributed by atoms with van der Waals surface area (Å²) in [4.78, 5) is 2.51. The molecule has 2 nitrogen and oxygen atoms in total. The minimum atomic E-state index is 0.879. The molecule has 0 radical (unpaired) electrons. The molecule has 1 N–H and O–H groups in total. The fourth-order valence-corrected chi connectivity index (χ4v) is 2.82. The molecule has 1 aliphatic heterocycles. The van der Waals surface area contributed by atoms with Crippen LogP contribution >= 0.6 is 0 Å². The standard InChI is InChI=1S/C17H22N2/c1-2-19(11-10-14-12-18-13-14)17-9-5-7-15-6-3-4-8-16(15)17/h3-9,14,18H,2,10-13H2,1H3. The molecule has 0 amide bonds. The summed E-state index contributed by atoms with van der Waals surface area (Å²) >= 11 is 0. The third kappa shape index (κ3) is 2.59. The van der Waals surface area contributed by atoms with Crippen molar-refractivity contribution >= 4 is 16.5 Å². The summed E-state index contributed by atoms with van der Waals surface area (Å²) in [6.45, 7) is 6.89. The highest BCUT2D eigenvalue weighted by molar-refractivity contribution is 5.94. The van der Waals surface area contributed by atoms with E-state index in [1.165, 1.54) is 36.0 Å². The Morgan fingerprint density at radius 1 is 1.11 bits per heavy atom. The number of nitrogens with one attached hydrogen (secondary N) is 1. The second-order valence-electron chi connectivity index (χ2n) is 5.39. The number of benzene rings is 2. The van der Waals surface area contributed by atoms with E-state index in [9.17, 15) is 0 Å². The van der Waals surface area contributed by atoms with Crippen molar-refractivity contribution in [2.75, 3.05) is 31.1 Å². The molecule has 1 heterocycles. The van der Waals surface area contributed by atoms with Gasteiger partial charge >= 0.3 is 0 Å². The Hall–Kier alpha value is -1.54. The number of hydrogen-bond donors (Lipinski definition) is 1. The zero-order chi connectivity index (χ0) is 13.1. The molecule has 100 valence electrons. The van der Waals surface area contributed by atoms with Crippen molar-refractivity contribution in [3.05, 3.63) is 42.5 Å². The van der Waals surface area contributed by atoms with Gasteiger partial charge in [-0.15, -0.1) is 0 Å². The molecule has 0 saturated carbocycles. The van der Waals surface area contributed by atoms with Gasteiger partial charge in [0.2, 0.25) is 0 Å². The zero-order valence-corrected chi connectivity index (χ0v) is 11.6. The average Bonchev–Trinajstić information content (AvgIpc) is 2.41. The van der Waals surface area contributed by atoms with E-state index in [4.69, 9.17) is 0 Å². The lowest BCUT2D eigenvalue weighted by Gasteiger charge is -2.31. The number of hydrogen-bond acceptors (Lipinski definition) is 2. The first-order valence-electron chi connectivity index (χ1n) is 7.32. The Balaban J connectivity index is 1.83. The highest BCUT2D eigenvalue weighted by atomic mass is 15.1. The minimum Gasteiger partial charge on any atom is -0.371 e. The third-order valence-electron chi connectivity index (χ3n) is 4.16. The molecule has 19 heavy (non-hydrogen) atoms. The molecular formula is C17H22N2. The van der Waals surface area contributed by atoms with Crippen LogP contribution in [0.1, 0.15) is 13.3 Å². The van der Waals surface area contributed by atoms with Gasteiger partial charge in [-0.1, -0.05) is 36.4 Å². The first-order valence-corrected chi connectivity index (χ1v) is 7.32. The van der Waals surface area contributed by atoms with E-state index in [0.717, 1.165) is 19.0 Å². The van der Waals surface area contributed by atoms with Crippen LogP contribution < -0.4 is 10.2 Å². The van der Waals surface area contributed by atoms with Crippen LogP contribution in [0.3, 0.4) is 0 Å². The number of rotatable bonds is 5. The maximum absolute atomic E-state index is 3.35. The SMILES string of the molecule is CCN(CCC1CNC1)c1cccc2ccccc12. The van der Waals surface area contributed by atoms with Crippen LogP contribution in [0.25, 0.3) is 10.8 Å². The summed E-state index contributed by atoms with van der Waals surface area (Å²) in [5.74, 6) is 0.879. The molecule has 0 spiro atoms. The van der Waals surface area contributed by atoms with Gasteiger partial charge in [0.15, 0.2) is 0 Å². The van der Waals surface area contributed by atoms with Gasteiger partial charge in [-0.05, 0) is 43.8 Å². The maximum Gasteiger partial charge on any atom is 0.0445 e. The quantitative estimate of drug-likeness (QED) is 0.881. The van der Waals surface area contributed by atoms with E-state index in [2.05, 4.69) is 59.6 Å². The van der Waals surface area contributed by atoms with Crippen LogP contribution in [-0.2, 0) is 0 Å². The molecule has 0 aliphatic carbocycles. The van der Waals surface area contributed by atoms with Crippen LogP contribution in [0.4, 0.5) is 5.69 Å². The van der Waals surface area contributed by atoms with E-state index < -0.39 is 0 Å². The molecule has 3 rings (SSSR count). The van der Waals surface area contributed by atoms with Gasteiger partial charge in [-0.25, -0.2) is 0 Å². The third-order valence-corrected chi connectivity index (χ3v) is 4.16. The molecule has 0 atom stereocenters. The fourth-order valence-electron chi connectivity index (χ4n) is 2.82. The molecule has 0 aromatic heterocycles. The monoisotopic (exact) mass is 254 g/mol. The Bertz CT molecular complexity index is 540. The van der Waals surface area contributed by atoms with Gasteiger partial charge in [0.05, 0.1) is 0 Å². The van der Waals surface area contributed by atoms with E-state index >= 15 is 0 Å². The highest BCUT2D eigenvalue weighted by Gasteiger charge is 2.18. The molecule has 2 aromatic carbocycles. The van der Waals surface area contributed by atoms with Crippen molar-refractivity contribution < 1.29 is 0 Å². The summed E-state index contributed by atoms with van der Waals surface area (Å²) in [5.41, 5.74) is 1.38. The number of nitrogens with zero attached hydrogens (tertiary/aromatic N) is 1. The minimum absolute atomic E-state index is 0.879. The molecule has 1 fully saturated rings.